The van der Waals surface area contributed by atoms with Gasteiger partial charge in [0.1, 0.15) is 0 Å². The largest absolute Gasteiger partial charge is 0.392 e. The third-order valence-electron chi connectivity index (χ3n) is 1.73. The predicted octanol–water partition coefficient (Wildman–Crippen LogP) is 1.82. The summed E-state index contributed by atoms with van der Waals surface area (Å²) in [7, 11) is 0. The van der Waals surface area contributed by atoms with Crippen LogP contribution in [0.1, 0.15) is 12.8 Å². The zero-order chi connectivity index (χ0) is 8.65. The van der Waals surface area contributed by atoms with E-state index in [1.165, 1.54) is 0 Å². The molecular weight excluding hydrogens is 150 g/mol. The molecule has 0 fully saturated rings. The van der Waals surface area contributed by atoms with E-state index in [4.69, 9.17) is 5.11 Å². The number of aryl methyl sites for hydroxylation is 1. The van der Waals surface area contributed by atoms with E-state index in [1.54, 1.807) is 6.08 Å². The molecule has 0 saturated heterocycles. The molecule has 0 amide bonds. The van der Waals surface area contributed by atoms with Crippen LogP contribution in [-0.4, -0.2) is 16.3 Å². The van der Waals surface area contributed by atoms with Crippen LogP contribution in [0.3, 0.4) is 0 Å². The standard InChI is InChI=1S/C10H15NO/c12-10-6-2-1-3-7-11-8-4-5-9-11/h2,4-6,8-9,12H,1,3,7,10H2/b6-2+. The molecule has 2 nitrogen and oxygen atoms in total. The predicted molar refractivity (Wildman–Crippen MR) is 49.9 cm³/mol. The van der Waals surface area contributed by atoms with Crippen molar-refractivity contribution < 1.29 is 5.11 Å². The topological polar surface area (TPSA) is 25.2 Å². The highest BCUT2D eigenvalue weighted by molar-refractivity contribution is 4.90. The molecule has 1 N–H and O–H groups in total. The molecule has 1 aromatic rings. The van der Waals surface area contributed by atoms with Crippen molar-refractivity contribution in [3.8, 4) is 0 Å². The van der Waals surface area contributed by atoms with Gasteiger partial charge in [-0.15, -0.1) is 0 Å². The van der Waals surface area contributed by atoms with E-state index in [9.17, 15) is 0 Å². The number of nitrogens with zero attached hydrogens (tertiary/aromatic N) is 1. The van der Waals surface area contributed by atoms with Gasteiger partial charge >= 0.3 is 0 Å². The van der Waals surface area contributed by atoms with Crippen molar-refractivity contribution in [3.63, 3.8) is 0 Å². The second-order valence-electron chi connectivity index (χ2n) is 2.72. The third-order valence-corrected chi connectivity index (χ3v) is 1.73. The molecule has 0 unspecified atom stereocenters. The lowest BCUT2D eigenvalue weighted by atomic mass is 10.3. The summed E-state index contributed by atoms with van der Waals surface area (Å²) < 4.78 is 2.16. The third kappa shape index (κ3) is 3.39. The average Bonchev–Trinajstić information content (AvgIpc) is 2.57. The molecule has 0 bridgehead atoms. The van der Waals surface area contributed by atoms with Gasteiger partial charge in [-0.25, -0.2) is 0 Å². The molecule has 66 valence electrons. The van der Waals surface area contributed by atoms with Gasteiger partial charge in [0, 0.05) is 18.9 Å². The highest BCUT2D eigenvalue weighted by atomic mass is 16.2. The Morgan fingerprint density at radius 2 is 1.92 bits per heavy atom. The zero-order valence-electron chi connectivity index (χ0n) is 7.19. The van der Waals surface area contributed by atoms with E-state index in [0.717, 1.165) is 19.4 Å². The molecule has 0 aliphatic rings. The molecule has 12 heavy (non-hydrogen) atoms. The van der Waals surface area contributed by atoms with Gasteiger partial charge in [0.05, 0.1) is 6.61 Å². The van der Waals surface area contributed by atoms with Crippen LogP contribution in [0.15, 0.2) is 36.7 Å². The molecule has 1 rings (SSSR count). The van der Waals surface area contributed by atoms with Crippen molar-refractivity contribution >= 4 is 0 Å². The maximum Gasteiger partial charge on any atom is 0.0612 e. The molecule has 0 atom stereocenters. The lowest BCUT2D eigenvalue weighted by molar-refractivity contribution is 0.342. The molecule has 0 aromatic carbocycles. The summed E-state index contributed by atoms with van der Waals surface area (Å²) in [5.41, 5.74) is 0. The van der Waals surface area contributed by atoms with E-state index in [-0.39, 0.29) is 6.61 Å². The average molecular weight is 165 g/mol. The van der Waals surface area contributed by atoms with Crippen LogP contribution >= 0.6 is 0 Å². The quantitative estimate of drug-likeness (QED) is 0.522. The van der Waals surface area contributed by atoms with Crippen molar-refractivity contribution in [2.24, 2.45) is 0 Å². The Morgan fingerprint density at radius 1 is 1.17 bits per heavy atom. The van der Waals surface area contributed by atoms with E-state index >= 15 is 0 Å². The summed E-state index contributed by atoms with van der Waals surface area (Å²) in [5, 5.41) is 8.46. The molecule has 1 aromatic heterocycles. The second kappa shape index (κ2) is 5.61. The van der Waals surface area contributed by atoms with Crippen LogP contribution in [-0.2, 0) is 6.54 Å². The highest BCUT2D eigenvalue weighted by Crippen LogP contribution is 1.97. The number of hydrogen-bond donors (Lipinski definition) is 1. The molecular formula is C10H15NO. The summed E-state index contributed by atoms with van der Waals surface area (Å²) in [5.74, 6) is 0. The summed E-state index contributed by atoms with van der Waals surface area (Å²) in [6.45, 7) is 1.21. The summed E-state index contributed by atoms with van der Waals surface area (Å²) >= 11 is 0. The molecule has 1 heterocycles. The molecule has 0 radical (unpaired) electrons. The number of aliphatic hydroxyl groups excluding tert-OH is 1. The van der Waals surface area contributed by atoms with Gasteiger partial charge in [0.25, 0.3) is 0 Å². The van der Waals surface area contributed by atoms with E-state index in [1.807, 2.05) is 18.2 Å². The highest BCUT2D eigenvalue weighted by Gasteiger charge is 1.86. The van der Waals surface area contributed by atoms with Gasteiger partial charge in [-0.1, -0.05) is 12.2 Å². The number of allylic oxidation sites excluding steroid dienone is 1. The fourth-order valence-electron chi connectivity index (χ4n) is 1.10. The first-order valence-corrected chi connectivity index (χ1v) is 4.30. The SMILES string of the molecule is OC/C=C/CCCn1cccc1. The monoisotopic (exact) mass is 165 g/mol. The minimum absolute atomic E-state index is 0.156. The fourth-order valence-corrected chi connectivity index (χ4v) is 1.10. The van der Waals surface area contributed by atoms with Crippen molar-refractivity contribution in [1.29, 1.82) is 0 Å². The van der Waals surface area contributed by atoms with Crippen LogP contribution in [0, 0.1) is 0 Å². The van der Waals surface area contributed by atoms with Crippen LogP contribution in [0.25, 0.3) is 0 Å². The van der Waals surface area contributed by atoms with Gasteiger partial charge in [-0.2, -0.15) is 0 Å². The Balaban J connectivity index is 2.07. The van der Waals surface area contributed by atoms with Crippen molar-refractivity contribution in [3.05, 3.63) is 36.7 Å². The lowest BCUT2D eigenvalue weighted by Crippen LogP contribution is -1.92. The Morgan fingerprint density at radius 3 is 2.58 bits per heavy atom. The van der Waals surface area contributed by atoms with E-state index < -0.39 is 0 Å². The van der Waals surface area contributed by atoms with Crippen LogP contribution in [0.5, 0.6) is 0 Å². The van der Waals surface area contributed by atoms with Gasteiger partial charge in [-0.05, 0) is 25.0 Å². The minimum atomic E-state index is 0.156. The van der Waals surface area contributed by atoms with Crippen molar-refractivity contribution in [2.75, 3.05) is 6.61 Å². The summed E-state index contributed by atoms with van der Waals surface area (Å²) in [4.78, 5) is 0. The molecule has 0 spiro atoms. The lowest BCUT2D eigenvalue weighted by Gasteiger charge is -1.98. The maximum absolute atomic E-state index is 8.46. The molecule has 0 aliphatic heterocycles. The number of aliphatic hydroxyl groups is 1. The van der Waals surface area contributed by atoms with Crippen LogP contribution < -0.4 is 0 Å². The first-order chi connectivity index (χ1) is 5.93. The molecule has 0 aliphatic carbocycles. The second-order valence-corrected chi connectivity index (χ2v) is 2.72. The van der Waals surface area contributed by atoms with Crippen molar-refractivity contribution in [2.45, 2.75) is 19.4 Å². The maximum atomic E-state index is 8.46. The Labute approximate surface area is 73.1 Å². The summed E-state index contributed by atoms with van der Waals surface area (Å²) in [6.07, 6.45) is 10.1. The first-order valence-electron chi connectivity index (χ1n) is 4.30. The zero-order valence-corrected chi connectivity index (χ0v) is 7.19. The number of rotatable bonds is 5. The first kappa shape index (κ1) is 9.07. The summed E-state index contributed by atoms with van der Waals surface area (Å²) in [6, 6.07) is 4.06. The van der Waals surface area contributed by atoms with Crippen LogP contribution in [0.4, 0.5) is 0 Å². The smallest absolute Gasteiger partial charge is 0.0612 e. The van der Waals surface area contributed by atoms with E-state index in [2.05, 4.69) is 17.0 Å². The van der Waals surface area contributed by atoms with Crippen LogP contribution in [0.2, 0.25) is 0 Å². The molecule has 0 saturated carbocycles. The number of aromatic nitrogens is 1. The Kier molecular flexibility index (Phi) is 4.24. The van der Waals surface area contributed by atoms with Gasteiger partial charge in [0.15, 0.2) is 0 Å². The van der Waals surface area contributed by atoms with Crippen molar-refractivity contribution in [1.82, 2.24) is 4.57 Å². The molecule has 2 heteroatoms. The van der Waals surface area contributed by atoms with Gasteiger partial charge in [0.2, 0.25) is 0 Å². The van der Waals surface area contributed by atoms with E-state index in [0.29, 0.717) is 0 Å². The van der Waals surface area contributed by atoms with Gasteiger partial charge in [-0.3, -0.25) is 0 Å². The Bertz CT molecular complexity index is 214. The Hall–Kier alpha value is -1.02. The number of unbranched alkanes of at least 4 members (excludes halogenated alkanes) is 1. The number of hydrogen-bond acceptors (Lipinski definition) is 1. The normalized spacial score (nSPS) is 11.1. The van der Waals surface area contributed by atoms with Gasteiger partial charge < -0.3 is 9.67 Å². The fraction of sp³-hybridized carbons (Fsp3) is 0.400. The minimum Gasteiger partial charge on any atom is -0.392 e.